The highest BCUT2D eigenvalue weighted by Gasteiger charge is 2.29. The lowest BCUT2D eigenvalue weighted by Crippen LogP contribution is -2.28. The molecule has 144 valence electrons. The highest BCUT2D eigenvalue weighted by atomic mass is 32.2. The second-order valence-electron chi connectivity index (χ2n) is 7.47. The van der Waals surface area contributed by atoms with Gasteiger partial charge in [0.25, 0.3) is 0 Å². The van der Waals surface area contributed by atoms with Gasteiger partial charge >= 0.3 is 0 Å². The van der Waals surface area contributed by atoms with Crippen molar-refractivity contribution in [2.45, 2.75) is 55.5 Å². The first kappa shape index (κ1) is 18.6. The number of ether oxygens (including phenoxy) is 2. The summed E-state index contributed by atoms with van der Waals surface area (Å²) in [5, 5.41) is 1.30. The van der Waals surface area contributed by atoms with E-state index in [0.29, 0.717) is 5.25 Å². The van der Waals surface area contributed by atoms with Crippen LogP contribution in [0, 0.1) is 0 Å². The van der Waals surface area contributed by atoms with Gasteiger partial charge in [0.1, 0.15) is 16.9 Å². The van der Waals surface area contributed by atoms with Gasteiger partial charge in [-0.1, -0.05) is 23.9 Å². The Balaban J connectivity index is 1.30. The van der Waals surface area contributed by atoms with Crippen molar-refractivity contribution in [2.24, 2.45) is 0 Å². The Bertz CT molecular complexity index is 752. The second kappa shape index (κ2) is 8.53. The number of nitrogens with zero attached hydrogens (tertiary/aromatic N) is 2. The van der Waals surface area contributed by atoms with Crippen LogP contribution in [0.3, 0.4) is 0 Å². The Morgan fingerprint density at radius 3 is 2.85 bits per heavy atom. The van der Waals surface area contributed by atoms with E-state index in [2.05, 4.69) is 48.0 Å². The Kier molecular flexibility index (Phi) is 5.89. The van der Waals surface area contributed by atoms with Gasteiger partial charge in [0.15, 0.2) is 5.75 Å². The molecule has 0 unspecified atom stereocenters. The van der Waals surface area contributed by atoms with Crippen molar-refractivity contribution in [3.8, 4) is 11.5 Å². The van der Waals surface area contributed by atoms with Crippen LogP contribution >= 0.6 is 11.8 Å². The molecule has 1 aromatic carbocycles. The highest BCUT2D eigenvalue weighted by molar-refractivity contribution is 8.00. The summed E-state index contributed by atoms with van der Waals surface area (Å²) in [7, 11) is 0. The third-order valence-corrected chi connectivity index (χ3v) is 6.62. The highest BCUT2D eigenvalue weighted by Crippen LogP contribution is 2.43. The van der Waals surface area contributed by atoms with E-state index in [4.69, 9.17) is 9.47 Å². The number of likely N-dealkylation sites (tertiary alicyclic amines) is 1. The largest absolute Gasteiger partial charge is 0.494 e. The lowest BCUT2D eigenvalue weighted by molar-refractivity contribution is 0.193. The van der Waals surface area contributed by atoms with Crippen molar-refractivity contribution in [1.82, 2.24) is 9.88 Å². The van der Waals surface area contributed by atoms with E-state index in [1.807, 2.05) is 18.3 Å². The van der Waals surface area contributed by atoms with E-state index < -0.39 is 0 Å². The van der Waals surface area contributed by atoms with Gasteiger partial charge in [-0.25, -0.2) is 4.98 Å². The Hall–Kier alpha value is -1.72. The fourth-order valence-electron chi connectivity index (χ4n) is 3.90. The first-order valence-electron chi connectivity index (χ1n) is 9.96. The van der Waals surface area contributed by atoms with E-state index in [9.17, 15) is 0 Å². The Morgan fingerprint density at radius 1 is 1.22 bits per heavy atom. The second-order valence-corrected chi connectivity index (χ2v) is 8.83. The van der Waals surface area contributed by atoms with E-state index >= 15 is 0 Å². The molecule has 2 aliphatic heterocycles. The number of rotatable bonds is 6. The van der Waals surface area contributed by atoms with E-state index in [1.165, 1.54) is 24.9 Å². The van der Waals surface area contributed by atoms with Gasteiger partial charge in [-0.2, -0.15) is 0 Å². The molecule has 5 heteroatoms. The van der Waals surface area contributed by atoms with Crippen LogP contribution in [0.15, 0.2) is 47.6 Å². The molecule has 27 heavy (non-hydrogen) atoms. The summed E-state index contributed by atoms with van der Waals surface area (Å²) >= 11 is 1.78. The van der Waals surface area contributed by atoms with Gasteiger partial charge in [-0.15, -0.1) is 0 Å². The van der Waals surface area contributed by atoms with E-state index in [1.54, 1.807) is 11.8 Å². The number of thioether (sulfide) groups is 1. The zero-order valence-electron chi connectivity index (χ0n) is 16.1. The van der Waals surface area contributed by atoms with Gasteiger partial charge in [-0.05, 0) is 69.5 Å². The van der Waals surface area contributed by atoms with Crippen LogP contribution in [0.5, 0.6) is 11.5 Å². The molecule has 1 saturated heterocycles. The number of hydrogen-bond donors (Lipinski definition) is 0. The summed E-state index contributed by atoms with van der Waals surface area (Å²) in [5.74, 6) is 1.81. The molecule has 1 aromatic heterocycles. The molecule has 0 spiro atoms. The van der Waals surface area contributed by atoms with Gasteiger partial charge in [0.2, 0.25) is 0 Å². The smallest absolute Gasteiger partial charge is 0.152 e. The topological polar surface area (TPSA) is 34.6 Å². The minimum atomic E-state index is 0.0393. The van der Waals surface area contributed by atoms with Crippen LogP contribution in [0.4, 0.5) is 0 Å². The maximum Gasteiger partial charge on any atom is 0.152 e. The first-order valence-corrected chi connectivity index (χ1v) is 10.8. The molecule has 0 N–H and O–H groups in total. The molecule has 2 aromatic rings. The molecular formula is C22H28N2O2S. The molecule has 3 atom stereocenters. The van der Waals surface area contributed by atoms with Gasteiger partial charge in [-0.3, -0.25) is 0 Å². The number of hydrogen-bond acceptors (Lipinski definition) is 5. The van der Waals surface area contributed by atoms with Crippen LogP contribution in [-0.4, -0.2) is 40.9 Å². The maximum absolute atomic E-state index is 6.21. The minimum Gasteiger partial charge on any atom is -0.494 e. The number of pyridine rings is 1. The summed E-state index contributed by atoms with van der Waals surface area (Å²) in [5.41, 5.74) is 1.18. The van der Waals surface area contributed by atoms with Crippen molar-refractivity contribution >= 4 is 11.8 Å². The van der Waals surface area contributed by atoms with Crippen LogP contribution in [0.1, 0.15) is 44.8 Å². The lowest BCUT2D eigenvalue weighted by atomic mass is 10.1. The summed E-state index contributed by atoms with van der Waals surface area (Å²) in [6.07, 6.45) is 5.61. The Morgan fingerprint density at radius 2 is 2.07 bits per heavy atom. The van der Waals surface area contributed by atoms with Gasteiger partial charge < -0.3 is 14.4 Å². The van der Waals surface area contributed by atoms with Crippen LogP contribution in [-0.2, 0) is 0 Å². The average molecular weight is 385 g/mol. The van der Waals surface area contributed by atoms with E-state index in [0.717, 1.165) is 42.1 Å². The standard InChI is InChI=1S/C22H28N2O2S/c1-16-6-4-13-24(16)14-5-15-25-19-10-8-18(9-11-19)21-17(2)27-22-20(26-21)7-3-12-23-22/h3,7-12,16-17,21H,4-6,13-15H2,1-2H3/t16-,17-,21-/m1/s1. The zero-order chi connectivity index (χ0) is 18.6. The van der Waals surface area contributed by atoms with Gasteiger partial charge in [0.05, 0.1) is 6.61 Å². The molecular weight excluding hydrogens is 356 g/mol. The number of fused-ring (bicyclic) bond motifs is 1. The lowest BCUT2D eigenvalue weighted by Gasteiger charge is -2.30. The molecule has 2 aliphatic rings. The molecule has 4 nitrogen and oxygen atoms in total. The fourth-order valence-corrected chi connectivity index (χ4v) is 4.94. The summed E-state index contributed by atoms with van der Waals surface area (Å²) in [4.78, 5) is 6.97. The summed E-state index contributed by atoms with van der Waals surface area (Å²) in [6.45, 7) is 7.67. The normalized spacial score (nSPS) is 25.0. The number of aromatic nitrogens is 1. The summed E-state index contributed by atoms with van der Waals surface area (Å²) < 4.78 is 12.1. The Labute approximate surface area is 166 Å². The third kappa shape index (κ3) is 4.41. The third-order valence-electron chi connectivity index (χ3n) is 5.47. The average Bonchev–Trinajstić information content (AvgIpc) is 3.10. The number of benzene rings is 1. The molecule has 0 amide bonds. The molecule has 4 rings (SSSR count). The zero-order valence-corrected chi connectivity index (χ0v) is 17.0. The molecule has 0 saturated carbocycles. The molecule has 0 bridgehead atoms. The molecule has 1 fully saturated rings. The molecule has 3 heterocycles. The van der Waals surface area contributed by atoms with E-state index in [-0.39, 0.29) is 6.10 Å². The molecule has 0 aliphatic carbocycles. The van der Waals surface area contributed by atoms with Gasteiger partial charge in [0, 0.05) is 24.0 Å². The summed E-state index contributed by atoms with van der Waals surface area (Å²) in [6, 6.07) is 13.0. The van der Waals surface area contributed by atoms with Crippen LogP contribution < -0.4 is 9.47 Å². The van der Waals surface area contributed by atoms with Crippen molar-refractivity contribution in [3.63, 3.8) is 0 Å². The first-order chi connectivity index (χ1) is 13.2. The monoisotopic (exact) mass is 384 g/mol. The maximum atomic E-state index is 6.21. The van der Waals surface area contributed by atoms with Crippen LogP contribution in [0.2, 0.25) is 0 Å². The van der Waals surface area contributed by atoms with Crippen LogP contribution in [0.25, 0.3) is 0 Å². The van der Waals surface area contributed by atoms with Crippen molar-refractivity contribution in [2.75, 3.05) is 19.7 Å². The minimum absolute atomic E-state index is 0.0393. The SMILES string of the molecule is C[C@@H]1CCCN1CCCOc1ccc([C@@H]2Oc3cccnc3S[C@@H]2C)cc1. The van der Waals surface area contributed by atoms with Crippen molar-refractivity contribution in [3.05, 3.63) is 48.2 Å². The molecule has 0 radical (unpaired) electrons. The fraction of sp³-hybridized carbons (Fsp3) is 0.500. The van der Waals surface area contributed by atoms with Crippen molar-refractivity contribution < 1.29 is 9.47 Å². The predicted octanol–water partition coefficient (Wildman–Crippen LogP) is 4.95. The predicted molar refractivity (Wildman–Crippen MR) is 110 cm³/mol. The van der Waals surface area contributed by atoms with Crippen molar-refractivity contribution in [1.29, 1.82) is 0 Å². The quantitative estimate of drug-likeness (QED) is 0.659.